The van der Waals surface area contributed by atoms with E-state index >= 15 is 0 Å². The van der Waals surface area contributed by atoms with Crippen molar-refractivity contribution < 1.29 is 9.59 Å². The van der Waals surface area contributed by atoms with Crippen molar-refractivity contribution in [3.05, 3.63) is 63.9 Å². The Kier molecular flexibility index (Phi) is 5.49. The second-order valence-electron chi connectivity index (χ2n) is 5.06. The van der Waals surface area contributed by atoms with Crippen LogP contribution in [0.3, 0.4) is 0 Å². The van der Waals surface area contributed by atoms with Gasteiger partial charge in [0, 0.05) is 17.7 Å². The monoisotopic (exact) mass is 314 g/mol. The number of carbonyl (C=O) groups is 2. The Morgan fingerprint density at radius 3 is 2.59 bits per heavy atom. The van der Waals surface area contributed by atoms with Crippen LogP contribution >= 0.6 is 11.3 Å². The van der Waals surface area contributed by atoms with E-state index in [9.17, 15) is 9.59 Å². The number of nitrogens with two attached hydrogens (primary N) is 1. The SMILES string of the molecule is CC(Cc1ccsc1)NC(=O)/C=C/c1ccc(C(N)=O)cc1. The molecule has 114 valence electrons. The van der Waals surface area contributed by atoms with Crippen molar-refractivity contribution in [1.82, 2.24) is 5.32 Å². The minimum atomic E-state index is -0.462. The van der Waals surface area contributed by atoms with Gasteiger partial charge in [-0.1, -0.05) is 12.1 Å². The van der Waals surface area contributed by atoms with Crippen LogP contribution in [0, 0.1) is 0 Å². The number of rotatable bonds is 6. The number of hydrogen-bond donors (Lipinski definition) is 2. The van der Waals surface area contributed by atoms with Crippen LogP contribution in [0.15, 0.2) is 47.2 Å². The minimum absolute atomic E-state index is 0.0731. The third-order valence-electron chi connectivity index (χ3n) is 3.13. The number of nitrogens with one attached hydrogen (secondary N) is 1. The Hall–Kier alpha value is -2.40. The van der Waals surface area contributed by atoms with Gasteiger partial charge in [-0.2, -0.15) is 11.3 Å². The van der Waals surface area contributed by atoms with E-state index in [2.05, 4.69) is 16.8 Å². The van der Waals surface area contributed by atoms with Gasteiger partial charge < -0.3 is 11.1 Å². The summed E-state index contributed by atoms with van der Waals surface area (Å²) < 4.78 is 0. The average molecular weight is 314 g/mol. The maximum Gasteiger partial charge on any atom is 0.248 e. The van der Waals surface area contributed by atoms with Gasteiger partial charge in [0.2, 0.25) is 11.8 Å². The van der Waals surface area contributed by atoms with Crippen LogP contribution in [-0.4, -0.2) is 17.9 Å². The quantitative estimate of drug-likeness (QED) is 0.805. The molecule has 1 aromatic carbocycles. The molecule has 2 amide bonds. The van der Waals surface area contributed by atoms with Crippen LogP contribution in [0.4, 0.5) is 0 Å². The molecule has 0 aliphatic rings. The highest BCUT2D eigenvalue weighted by molar-refractivity contribution is 7.07. The van der Waals surface area contributed by atoms with Crippen molar-refractivity contribution in [1.29, 1.82) is 0 Å². The molecule has 0 bridgehead atoms. The normalized spacial score (nSPS) is 12.2. The average Bonchev–Trinajstić information content (AvgIpc) is 2.98. The van der Waals surface area contributed by atoms with E-state index < -0.39 is 5.91 Å². The van der Waals surface area contributed by atoms with E-state index in [4.69, 9.17) is 5.73 Å². The summed E-state index contributed by atoms with van der Waals surface area (Å²) in [4.78, 5) is 22.8. The third kappa shape index (κ3) is 4.86. The van der Waals surface area contributed by atoms with E-state index in [0.717, 1.165) is 12.0 Å². The maximum absolute atomic E-state index is 11.9. The highest BCUT2D eigenvalue weighted by Crippen LogP contribution is 2.09. The molecule has 0 aliphatic carbocycles. The zero-order valence-electron chi connectivity index (χ0n) is 12.3. The fraction of sp³-hybridized carbons (Fsp3) is 0.176. The predicted octanol–water partition coefficient (Wildman–Crippen LogP) is 2.61. The van der Waals surface area contributed by atoms with Crippen LogP contribution < -0.4 is 11.1 Å². The first kappa shape index (κ1) is 16.0. The summed E-state index contributed by atoms with van der Waals surface area (Å²) in [6.45, 7) is 1.98. The fourth-order valence-corrected chi connectivity index (χ4v) is 2.72. The Labute approximate surface area is 133 Å². The standard InChI is InChI=1S/C17H18N2O2S/c1-12(10-14-8-9-22-11-14)19-16(20)7-4-13-2-5-15(6-3-13)17(18)21/h2-9,11-12H,10H2,1H3,(H2,18,21)(H,19,20)/b7-4+. The van der Waals surface area contributed by atoms with E-state index in [-0.39, 0.29) is 11.9 Å². The topological polar surface area (TPSA) is 72.2 Å². The first-order valence-electron chi connectivity index (χ1n) is 6.94. The number of carbonyl (C=O) groups excluding carboxylic acids is 2. The van der Waals surface area contributed by atoms with E-state index in [1.807, 2.05) is 12.3 Å². The van der Waals surface area contributed by atoms with Crippen LogP contribution in [0.5, 0.6) is 0 Å². The minimum Gasteiger partial charge on any atom is -0.366 e. The molecule has 2 aromatic rings. The summed E-state index contributed by atoms with van der Waals surface area (Å²) in [5, 5.41) is 7.03. The maximum atomic E-state index is 11.9. The molecule has 1 unspecified atom stereocenters. The number of hydrogen-bond acceptors (Lipinski definition) is 3. The fourth-order valence-electron chi connectivity index (χ4n) is 2.03. The Morgan fingerprint density at radius 2 is 2.00 bits per heavy atom. The van der Waals surface area contributed by atoms with Gasteiger partial charge in [0.25, 0.3) is 0 Å². The largest absolute Gasteiger partial charge is 0.366 e. The molecule has 22 heavy (non-hydrogen) atoms. The summed E-state index contributed by atoms with van der Waals surface area (Å²) >= 11 is 1.65. The first-order valence-corrected chi connectivity index (χ1v) is 7.88. The molecule has 1 atom stereocenters. The molecule has 3 N–H and O–H groups in total. The second-order valence-corrected chi connectivity index (χ2v) is 5.84. The van der Waals surface area contributed by atoms with E-state index in [1.165, 1.54) is 11.6 Å². The van der Waals surface area contributed by atoms with E-state index in [1.54, 1.807) is 41.7 Å². The molecule has 1 aromatic heterocycles. The van der Waals surface area contributed by atoms with Crippen LogP contribution in [0.25, 0.3) is 6.08 Å². The first-order chi connectivity index (χ1) is 10.5. The number of amides is 2. The van der Waals surface area contributed by atoms with Crippen LogP contribution in [-0.2, 0) is 11.2 Å². The molecule has 5 heteroatoms. The highest BCUT2D eigenvalue weighted by Gasteiger charge is 2.06. The Morgan fingerprint density at radius 1 is 1.27 bits per heavy atom. The van der Waals surface area contributed by atoms with Crippen molar-refractivity contribution in [2.45, 2.75) is 19.4 Å². The number of primary amides is 1. The molecule has 0 spiro atoms. The molecule has 4 nitrogen and oxygen atoms in total. The van der Waals surface area contributed by atoms with Gasteiger partial charge in [0.05, 0.1) is 0 Å². The van der Waals surface area contributed by atoms with Crippen LogP contribution in [0.2, 0.25) is 0 Å². The molecule has 0 saturated heterocycles. The van der Waals surface area contributed by atoms with Crippen molar-refractivity contribution in [3.63, 3.8) is 0 Å². The molecule has 2 rings (SSSR count). The molecule has 0 aliphatic heterocycles. The van der Waals surface area contributed by atoms with E-state index in [0.29, 0.717) is 5.56 Å². The lowest BCUT2D eigenvalue weighted by molar-refractivity contribution is -0.117. The summed E-state index contributed by atoms with van der Waals surface area (Å²) in [5.41, 5.74) is 7.69. The van der Waals surface area contributed by atoms with Gasteiger partial charge in [0.1, 0.15) is 0 Å². The summed E-state index contributed by atoms with van der Waals surface area (Å²) in [7, 11) is 0. The number of thiophene rings is 1. The van der Waals surface area contributed by atoms with Gasteiger partial charge >= 0.3 is 0 Å². The lowest BCUT2D eigenvalue weighted by Gasteiger charge is -2.11. The molecule has 0 fully saturated rings. The highest BCUT2D eigenvalue weighted by atomic mass is 32.1. The molecular weight excluding hydrogens is 296 g/mol. The zero-order chi connectivity index (χ0) is 15.9. The van der Waals surface area contributed by atoms with Crippen molar-refractivity contribution in [2.75, 3.05) is 0 Å². The summed E-state index contributed by atoms with van der Waals surface area (Å²) in [5.74, 6) is -0.600. The molecular formula is C17H18N2O2S. The number of benzene rings is 1. The Balaban J connectivity index is 1.86. The predicted molar refractivity (Wildman–Crippen MR) is 89.6 cm³/mol. The van der Waals surface area contributed by atoms with Gasteiger partial charge in [0.15, 0.2) is 0 Å². The molecule has 0 saturated carbocycles. The molecule has 0 radical (unpaired) electrons. The van der Waals surface area contributed by atoms with Gasteiger partial charge in [-0.15, -0.1) is 0 Å². The summed E-state index contributed by atoms with van der Waals surface area (Å²) in [6.07, 6.45) is 4.01. The van der Waals surface area contributed by atoms with Gasteiger partial charge in [-0.25, -0.2) is 0 Å². The van der Waals surface area contributed by atoms with Crippen molar-refractivity contribution in [2.24, 2.45) is 5.73 Å². The van der Waals surface area contributed by atoms with Gasteiger partial charge in [-0.05, 0) is 59.5 Å². The van der Waals surface area contributed by atoms with Crippen molar-refractivity contribution >= 4 is 29.2 Å². The van der Waals surface area contributed by atoms with Crippen molar-refractivity contribution in [3.8, 4) is 0 Å². The summed E-state index contributed by atoms with van der Waals surface area (Å²) in [6, 6.07) is 8.91. The lowest BCUT2D eigenvalue weighted by Crippen LogP contribution is -2.32. The third-order valence-corrected chi connectivity index (χ3v) is 3.87. The van der Waals surface area contributed by atoms with Gasteiger partial charge in [-0.3, -0.25) is 9.59 Å². The Bertz CT molecular complexity index is 660. The van der Waals surface area contributed by atoms with Crippen LogP contribution in [0.1, 0.15) is 28.4 Å². The zero-order valence-corrected chi connectivity index (χ0v) is 13.1. The smallest absolute Gasteiger partial charge is 0.248 e. The second kappa shape index (κ2) is 7.56. The molecule has 1 heterocycles. The lowest BCUT2D eigenvalue weighted by atomic mass is 10.1.